The number of rotatable bonds is 5. The monoisotopic (exact) mass is 432 g/mol. The van der Waals surface area contributed by atoms with Gasteiger partial charge in [-0.3, -0.25) is 9.48 Å². The highest BCUT2D eigenvalue weighted by Gasteiger charge is 2.21. The highest BCUT2D eigenvalue weighted by molar-refractivity contribution is 9.10. The van der Waals surface area contributed by atoms with E-state index < -0.39 is 18.7 Å². The van der Waals surface area contributed by atoms with Crippen molar-refractivity contribution < 1.29 is 22.3 Å². The largest absolute Gasteiger partial charge is 0.434 e. The minimum Gasteiger partial charge on any atom is -0.434 e. The van der Waals surface area contributed by atoms with Crippen LogP contribution in [0.1, 0.15) is 17.7 Å². The maximum Gasteiger partial charge on any atom is 0.387 e. The van der Waals surface area contributed by atoms with Crippen molar-refractivity contribution in [3.8, 4) is 5.75 Å². The average molecular weight is 433 g/mol. The average Bonchev–Trinajstić information content (AvgIpc) is 2.81. The molecule has 0 saturated carbocycles. The van der Waals surface area contributed by atoms with Gasteiger partial charge in [0.15, 0.2) is 0 Å². The Morgan fingerprint density at radius 1 is 1.12 bits per heavy atom. The van der Waals surface area contributed by atoms with E-state index in [9.17, 15) is 22.4 Å². The first-order chi connectivity index (χ1) is 12.3. The molecule has 0 radical (unpaired) electrons. The lowest BCUT2D eigenvalue weighted by atomic mass is 10.1. The topological polar surface area (TPSA) is 36.2 Å². The van der Waals surface area contributed by atoms with Crippen LogP contribution in [-0.4, -0.2) is 16.0 Å². The predicted octanol–water partition coefficient (Wildman–Crippen LogP) is 4.92. The highest BCUT2D eigenvalue weighted by atomic mass is 79.9. The molecule has 0 spiro atoms. The van der Waals surface area contributed by atoms with Crippen molar-refractivity contribution in [2.24, 2.45) is 0 Å². The van der Waals surface area contributed by atoms with Gasteiger partial charge in [-0.25, -0.2) is 0 Å². The van der Waals surface area contributed by atoms with Crippen LogP contribution in [0.4, 0.5) is 17.6 Å². The molecular weight excluding hydrogens is 420 g/mol. The number of aromatic nitrogens is 2. The number of aryl methyl sites for hydroxylation is 1. The summed E-state index contributed by atoms with van der Waals surface area (Å²) in [6.07, 6.45) is 0. The molecule has 2 aromatic carbocycles. The number of ether oxygens (including phenoxy) is 1. The summed E-state index contributed by atoms with van der Waals surface area (Å²) in [5.41, 5.74) is 0.405. The van der Waals surface area contributed by atoms with E-state index in [-0.39, 0.29) is 28.8 Å². The van der Waals surface area contributed by atoms with Crippen LogP contribution in [-0.2, 0) is 6.54 Å². The molecule has 4 nitrogen and oxygen atoms in total. The normalized spacial score (nSPS) is 11.7. The summed E-state index contributed by atoms with van der Waals surface area (Å²) in [6, 6.07) is 9.02. The van der Waals surface area contributed by atoms with Gasteiger partial charge in [-0.1, -0.05) is 33.6 Å². The van der Waals surface area contributed by atoms with Crippen LogP contribution in [0.3, 0.4) is 0 Å². The first kappa shape index (κ1) is 18.5. The lowest BCUT2D eigenvalue weighted by Crippen LogP contribution is -2.24. The number of hydrogen-bond donors (Lipinski definition) is 0. The van der Waals surface area contributed by atoms with Crippen LogP contribution in [0.15, 0.2) is 45.7 Å². The molecule has 0 fully saturated rings. The molecule has 0 atom stereocenters. The van der Waals surface area contributed by atoms with E-state index in [1.807, 2.05) is 0 Å². The first-order valence-electron chi connectivity index (χ1n) is 7.51. The number of fused-ring (bicyclic) bond motifs is 1. The predicted molar refractivity (Wildman–Crippen MR) is 92.1 cm³/mol. The molecule has 26 heavy (non-hydrogen) atoms. The molecule has 9 heteroatoms. The fraction of sp³-hybridized carbons (Fsp3) is 0.235. The summed E-state index contributed by atoms with van der Waals surface area (Å²) in [5.74, 6) is -0.129. The minimum absolute atomic E-state index is 0.109. The van der Waals surface area contributed by atoms with E-state index in [1.54, 1.807) is 25.1 Å². The first-order valence-corrected chi connectivity index (χ1v) is 8.30. The van der Waals surface area contributed by atoms with Crippen LogP contribution in [0.5, 0.6) is 5.75 Å². The number of hydrogen-bond acceptors (Lipinski definition) is 2. The zero-order valence-electron chi connectivity index (χ0n) is 13.4. The molecule has 1 aromatic heterocycles. The Morgan fingerprint density at radius 3 is 2.50 bits per heavy atom. The number of benzene rings is 2. The molecule has 0 N–H and O–H groups in total. The lowest BCUT2D eigenvalue weighted by Gasteiger charge is -2.16. The fourth-order valence-electron chi connectivity index (χ4n) is 2.81. The smallest absolute Gasteiger partial charge is 0.387 e. The zero-order chi connectivity index (χ0) is 19.0. The van der Waals surface area contributed by atoms with Crippen molar-refractivity contribution in [2.45, 2.75) is 26.6 Å². The van der Waals surface area contributed by atoms with E-state index in [2.05, 4.69) is 20.7 Å². The lowest BCUT2D eigenvalue weighted by molar-refractivity contribution is -0.0506. The Hall–Kier alpha value is -2.29. The third-order valence-electron chi connectivity index (χ3n) is 3.87. The number of alkyl halides is 4. The van der Waals surface area contributed by atoms with Crippen molar-refractivity contribution >= 4 is 26.8 Å². The van der Waals surface area contributed by atoms with Gasteiger partial charge in [0.1, 0.15) is 5.75 Å². The van der Waals surface area contributed by atoms with Crippen molar-refractivity contribution in [2.75, 3.05) is 0 Å². The van der Waals surface area contributed by atoms with Gasteiger partial charge in [0, 0.05) is 10.0 Å². The van der Waals surface area contributed by atoms with E-state index in [0.29, 0.717) is 9.15 Å². The van der Waals surface area contributed by atoms with Gasteiger partial charge in [0.25, 0.3) is 5.56 Å². The summed E-state index contributed by atoms with van der Waals surface area (Å²) in [4.78, 5) is 12.3. The molecule has 0 saturated heterocycles. The summed E-state index contributed by atoms with van der Waals surface area (Å²) in [5, 5.41) is 0.109. The van der Waals surface area contributed by atoms with Gasteiger partial charge < -0.3 is 4.74 Å². The standard InChI is InChI=1S/C17H13BrF4N2O2/c1-9-2-5-14(26-17(21)22)10(6-9)8-23-13-7-11(18)3-4-12(13)15(25)24(23)16(19)20/h2-7,16-17H,8H2,1H3. The van der Waals surface area contributed by atoms with Gasteiger partial charge in [-0.2, -0.15) is 22.2 Å². The van der Waals surface area contributed by atoms with Gasteiger partial charge in [-0.15, -0.1) is 0 Å². The molecule has 3 aromatic rings. The van der Waals surface area contributed by atoms with E-state index in [1.165, 1.54) is 18.2 Å². The Bertz CT molecular complexity index is 1010. The van der Waals surface area contributed by atoms with Gasteiger partial charge in [0.05, 0.1) is 17.4 Å². The summed E-state index contributed by atoms with van der Waals surface area (Å²) >= 11 is 3.25. The molecule has 1 heterocycles. The molecule has 3 rings (SSSR count). The van der Waals surface area contributed by atoms with Gasteiger partial charge in [0.2, 0.25) is 0 Å². The van der Waals surface area contributed by atoms with E-state index in [4.69, 9.17) is 0 Å². The second-order valence-corrected chi connectivity index (χ2v) is 6.55. The maximum atomic E-state index is 13.5. The Balaban J connectivity index is 2.21. The molecule has 0 unspecified atom stereocenters. The third kappa shape index (κ3) is 3.48. The highest BCUT2D eigenvalue weighted by Crippen LogP contribution is 2.27. The van der Waals surface area contributed by atoms with Gasteiger partial charge in [-0.05, 0) is 31.2 Å². The van der Waals surface area contributed by atoms with Crippen molar-refractivity contribution in [3.63, 3.8) is 0 Å². The second-order valence-electron chi connectivity index (χ2n) is 5.64. The number of nitrogens with zero attached hydrogens (tertiary/aromatic N) is 2. The summed E-state index contributed by atoms with van der Waals surface area (Å²) < 4.78 is 58.8. The molecule has 0 amide bonds. The van der Waals surface area contributed by atoms with Crippen LogP contribution in [0.25, 0.3) is 10.9 Å². The SMILES string of the molecule is Cc1ccc(OC(F)F)c(Cn2c3cc(Br)ccc3c(=O)n2C(F)F)c1. The Labute approximate surface area is 153 Å². The van der Waals surface area contributed by atoms with Crippen LogP contribution < -0.4 is 10.3 Å². The van der Waals surface area contributed by atoms with Gasteiger partial charge >= 0.3 is 13.2 Å². The molecule has 0 aliphatic heterocycles. The molecule has 0 bridgehead atoms. The molecule has 0 aliphatic rings. The van der Waals surface area contributed by atoms with Crippen molar-refractivity contribution in [3.05, 3.63) is 62.4 Å². The minimum atomic E-state index is -3.09. The van der Waals surface area contributed by atoms with Crippen molar-refractivity contribution in [1.29, 1.82) is 0 Å². The quantitative estimate of drug-likeness (QED) is 0.536. The van der Waals surface area contributed by atoms with E-state index >= 15 is 0 Å². The van der Waals surface area contributed by atoms with E-state index in [0.717, 1.165) is 10.2 Å². The van der Waals surface area contributed by atoms with Crippen molar-refractivity contribution in [1.82, 2.24) is 9.36 Å². The number of halogens is 5. The third-order valence-corrected chi connectivity index (χ3v) is 4.37. The summed E-state index contributed by atoms with van der Waals surface area (Å²) in [6.45, 7) is -4.63. The summed E-state index contributed by atoms with van der Waals surface area (Å²) in [7, 11) is 0. The van der Waals surface area contributed by atoms with Crippen LogP contribution >= 0.6 is 15.9 Å². The molecular formula is C17H13BrF4N2O2. The van der Waals surface area contributed by atoms with Crippen LogP contribution in [0, 0.1) is 6.92 Å². The maximum absolute atomic E-state index is 13.5. The Kier molecular flexibility index (Phi) is 5.08. The second kappa shape index (κ2) is 7.14. The molecule has 0 aliphatic carbocycles. The Morgan fingerprint density at radius 2 is 1.85 bits per heavy atom. The molecule has 138 valence electrons. The fourth-order valence-corrected chi connectivity index (χ4v) is 3.16. The zero-order valence-corrected chi connectivity index (χ0v) is 15.0. The van der Waals surface area contributed by atoms with Crippen LogP contribution in [0.2, 0.25) is 0 Å².